The summed E-state index contributed by atoms with van der Waals surface area (Å²) in [5.41, 5.74) is 2.80. The van der Waals surface area contributed by atoms with Crippen LogP contribution in [0.5, 0.6) is 0 Å². The van der Waals surface area contributed by atoms with Gasteiger partial charge in [-0.15, -0.1) is 0 Å². The predicted molar refractivity (Wildman–Crippen MR) is 134 cm³/mol. The summed E-state index contributed by atoms with van der Waals surface area (Å²) in [5.74, 6) is 0.432. The minimum Gasteiger partial charge on any atom is -0.353 e. The van der Waals surface area contributed by atoms with Gasteiger partial charge in [0.2, 0.25) is 0 Å². The highest BCUT2D eigenvalue weighted by Gasteiger charge is 2.50. The van der Waals surface area contributed by atoms with Crippen LogP contribution in [0.15, 0.2) is 73.1 Å². The predicted octanol–water partition coefficient (Wildman–Crippen LogP) is 7.59. The van der Waals surface area contributed by atoms with Crippen LogP contribution in [0, 0.1) is 0 Å². The van der Waals surface area contributed by atoms with Crippen LogP contribution in [0.2, 0.25) is 0 Å². The number of hydrogen-bond donors (Lipinski definition) is 0. The van der Waals surface area contributed by atoms with Gasteiger partial charge in [0, 0.05) is 37.3 Å². The summed E-state index contributed by atoms with van der Waals surface area (Å²) < 4.78 is 0. The second-order valence-electron chi connectivity index (χ2n) is 9.32. The standard InChI is InChI=1S/C29H42N2/c1-5-7-8-9-16-21-30-22-23-31(25(3)4)29(30,24-26-17-12-10-13-18-26)28(6-2)27-19-14-11-15-20-27/h10-15,17-20,22-23,25,28H,5-9,16,21,24H2,1-4H3. The van der Waals surface area contributed by atoms with Crippen LogP contribution in [-0.4, -0.2) is 28.0 Å². The first-order chi connectivity index (χ1) is 15.1. The Hall–Kier alpha value is -2.22. The summed E-state index contributed by atoms with van der Waals surface area (Å²) in [6.45, 7) is 10.5. The summed E-state index contributed by atoms with van der Waals surface area (Å²) in [4.78, 5) is 5.33. The van der Waals surface area contributed by atoms with Gasteiger partial charge in [0.05, 0.1) is 0 Å². The molecule has 0 aliphatic carbocycles. The average molecular weight is 419 g/mol. The van der Waals surface area contributed by atoms with Crippen molar-refractivity contribution < 1.29 is 0 Å². The summed E-state index contributed by atoms with van der Waals surface area (Å²) in [7, 11) is 0. The van der Waals surface area contributed by atoms with Gasteiger partial charge in [-0.25, -0.2) is 0 Å². The minimum absolute atomic E-state index is 0.0730. The summed E-state index contributed by atoms with van der Waals surface area (Å²) in [5, 5.41) is 0. The average Bonchev–Trinajstić information content (AvgIpc) is 3.14. The van der Waals surface area contributed by atoms with E-state index < -0.39 is 0 Å². The maximum atomic E-state index is 2.69. The lowest BCUT2D eigenvalue weighted by molar-refractivity contribution is -0.0191. The second kappa shape index (κ2) is 11.4. The first kappa shape index (κ1) is 23.4. The van der Waals surface area contributed by atoms with Crippen LogP contribution in [0.25, 0.3) is 0 Å². The Balaban J connectivity index is 2.00. The molecule has 2 heteroatoms. The van der Waals surface area contributed by atoms with Gasteiger partial charge in [-0.3, -0.25) is 0 Å². The molecule has 0 spiro atoms. The van der Waals surface area contributed by atoms with E-state index in [4.69, 9.17) is 0 Å². The molecule has 0 radical (unpaired) electrons. The van der Waals surface area contributed by atoms with Crippen molar-refractivity contribution in [2.24, 2.45) is 0 Å². The van der Waals surface area contributed by atoms with Crippen molar-refractivity contribution in [3.8, 4) is 0 Å². The van der Waals surface area contributed by atoms with E-state index >= 15 is 0 Å². The van der Waals surface area contributed by atoms with Gasteiger partial charge < -0.3 is 9.80 Å². The molecule has 3 rings (SSSR count). The third-order valence-corrected chi connectivity index (χ3v) is 6.89. The van der Waals surface area contributed by atoms with Crippen molar-refractivity contribution in [3.05, 3.63) is 84.2 Å². The van der Waals surface area contributed by atoms with Crippen LogP contribution in [0.3, 0.4) is 0 Å². The molecule has 1 aliphatic heterocycles. The molecule has 0 saturated carbocycles. The number of unbranched alkanes of at least 4 members (excludes halogenated alkanes) is 4. The van der Waals surface area contributed by atoms with Gasteiger partial charge in [0.25, 0.3) is 0 Å². The Kier molecular flexibility index (Phi) is 8.63. The number of benzene rings is 2. The van der Waals surface area contributed by atoms with Crippen LogP contribution in [0.1, 0.15) is 83.3 Å². The first-order valence-electron chi connectivity index (χ1n) is 12.5. The molecule has 31 heavy (non-hydrogen) atoms. The number of hydrogen-bond acceptors (Lipinski definition) is 2. The van der Waals surface area contributed by atoms with Gasteiger partial charge >= 0.3 is 0 Å². The van der Waals surface area contributed by atoms with Gasteiger partial charge in [0.15, 0.2) is 0 Å². The van der Waals surface area contributed by atoms with Crippen molar-refractivity contribution in [1.82, 2.24) is 9.80 Å². The Labute approximate surface area is 191 Å². The third-order valence-electron chi connectivity index (χ3n) is 6.89. The molecule has 168 valence electrons. The lowest BCUT2D eigenvalue weighted by Gasteiger charge is -2.53. The van der Waals surface area contributed by atoms with Crippen LogP contribution >= 0.6 is 0 Å². The van der Waals surface area contributed by atoms with Crippen molar-refractivity contribution in [2.45, 2.75) is 90.3 Å². The zero-order valence-corrected chi connectivity index (χ0v) is 20.1. The lowest BCUT2D eigenvalue weighted by atomic mass is 9.77. The highest BCUT2D eigenvalue weighted by molar-refractivity contribution is 5.30. The smallest absolute Gasteiger partial charge is 0.123 e. The lowest BCUT2D eigenvalue weighted by Crippen LogP contribution is -2.60. The molecule has 2 atom stereocenters. The molecule has 0 N–H and O–H groups in total. The Morgan fingerprint density at radius 1 is 0.774 bits per heavy atom. The molecule has 0 aromatic heterocycles. The normalized spacial score (nSPS) is 19.4. The maximum Gasteiger partial charge on any atom is 0.123 e. The zero-order valence-electron chi connectivity index (χ0n) is 20.1. The van der Waals surface area contributed by atoms with E-state index in [1.54, 1.807) is 0 Å². The van der Waals surface area contributed by atoms with E-state index in [0.29, 0.717) is 12.0 Å². The summed E-state index contributed by atoms with van der Waals surface area (Å²) in [6, 6.07) is 22.7. The van der Waals surface area contributed by atoms with Crippen LogP contribution in [0.4, 0.5) is 0 Å². The van der Waals surface area contributed by atoms with E-state index in [1.807, 2.05) is 0 Å². The molecular weight excluding hydrogens is 376 g/mol. The highest BCUT2D eigenvalue weighted by atomic mass is 15.4. The Morgan fingerprint density at radius 3 is 2.03 bits per heavy atom. The molecule has 0 amide bonds. The molecule has 0 fully saturated rings. The summed E-state index contributed by atoms with van der Waals surface area (Å²) in [6.07, 6.45) is 13.5. The Morgan fingerprint density at radius 2 is 1.42 bits per heavy atom. The first-order valence-corrected chi connectivity index (χ1v) is 12.5. The van der Waals surface area contributed by atoms with Crippen LogP contribution < -0.4 is 0 Å². The zero-order chi connectivity index (χ0) is 22.1. The van der Waals surface area contributed by atoms with Gasteiger partial charge in [0.1, 0.15) is 5.66 Å². The van der Waals surface area contributed by atoms with E-state index in [1.165, 1.54) is 43.2 Å². The fourth-order valence-electron chi connectivity index (χ4n) is 5.44. The molecule has 1 heterocycles. The largest absolute Gasteiger partial charge is 0.353 e. The van der Waals surface area contributed by atoms with Crippen molar-refractivity contribution in [2.75, 3.05) is 6.54 Å². The molecule has 2 aromatic carbocycles. The van der Waals surface area contributed by atoms with E-state index in [9.17, 15) is 0 Å². The van der Waals surface area contributed by atoms with Gasteiger partial charge in [-0.05, 0) is 37.8 Å². The topological polar surface area (TPSA) is 6.48 Å². The Bertz CT molecular complexity index is 783. The van der Waals surface area contributed by atoms with Gasteiger partial charge in [-0.2, -0.15) is 0 Å². The van der Waals surface area contributed by atoms with Crippen LogP contribution in [-0.2, 0) is 6.42 Å². The van der Waals surface area contributed by atoms with Crippen molar-refractivity contribution >= 4 is 0 Å². The highest BCUT2D eigenvalue weighted by Crippen LogP contribution is 2.46. The van der Waals surface area contributed by atoms with Crippen molar-refractivity contribution in [1.29, 1.82) is 0 Å². The second-order valence-corrected chi connectivity index (χ2v) is 9.32. The van der Waals surface area contributed by atoms with E-state index in [-0.39, 0.29) is 5.66 Å². The third kappa shape index (κ3) is 5.34. The molecule has 0 saturated heterocycles. The quantitative estimate of drug-likeness (QED) is 0.328. The number of rotatable bonds is 12. The molecule has 2 aromatic rings. The molecule has 1 aliphatic rings. The molecular formula is C29H42N2. The van der Waals surface area contributed by atoms with Crippen molar-refractivity contribution in [3.63, 3.8) is 0 Å². The maximum absolute atomic E-state index is 2.69. The monoisotopic (exact) mass is 418 g/mol. The molecule has 2 unspecified atom stereocenters. The minimum atomic E-state index is -0.0730. The fraction of sp³-hybridized carbons (Fsp3) is 0.517. The van der Waals surface area contributed by atoms with Gasteiger partial charge in [-0.1, -0.05) is 100 Å². The molecule has 2 nitrogen and oxygen atoms in total. The summed E-state index contributed by atoms with van der Waals surface area (Å²) >= 11 is 0. The van der Waals surface area contributed by atoms with E-state index in [0.717, 1.165) is 19.4 Å². The fourth-order valence-corrected chi connectivity index (χ4v) is 5.44. The number of nitrogens with zero attached hydrogens (tertiary/aromatic N) is 2. The van der Waals surface area contributed by atoms with E-state index in [2.05, 4.69) is 111 Å². The molecule has 0 bridgehead atoms. The SMILES string of the molecule is CCCCCCCN1C=CN(C(C)C)C1(Cc1ccccc1)C(CC)c1ccccc1.